The Bertz CT molecular complexity index is 1820. The molecule has 0 saturated heterocycles. The lowest BCUT2D eigenvalue weighted by Crippen LogP contribution is -2.42. The SMILES string of the molecule is CCOc1ccc(NC(=O)Cn2c(=O)n(Cc3ccc4c(c3)OCO4)c(=O)c3ccc(C(=O)CC4CCCCC4)cc32)cc1. The van der Waals surface area contributed by atoms with Gasteiger partial charge >= 0.3 is 5.69 Å². The van der Waals surface area contributed by atoms with Crippen molar-refractivity contribution in [1.29, 1.82) is 0 Å². The van der Waals surface area contributed by atoms with E-state index >= 15 is 0 Å². The first-order valence-electron chi connectivity index (χ1n) is 15.1. The first-order chi connectivity index (χ1) is 21.4. The number of anilines is 1. The summed E-state index contributed by atoms with van der Waals surface area (Å²) in [5, 5.41) is 3.06. The van der Waals surface area contributed by atoms with Gasteiger partial charge in [0.2, 0.25) is 12.7 Å². The minimum Gasteiger partial charge on any atom is -0.494 e. The smallest absolute Gasteiger partial charge is 0.332 e. The number of hydrogen-bond acceptors (Lipinski definition) is 7. The van der Waals surface area contributed by atoms with Crippen LogP contribution in [0.2, 0.25) is 0 Å². The summed E-state index contributed by atoms with van der Waals surface area (Å²) in [7, 11) is 0. The second-order valence-corrected chi connectivity index (χ2v) is 11.3. The van der Waals surface area contributed by atoms with Crippen LogP contribution in [0.4, 0.5) is 5.69 Å². The highest BCUT2D eigenvalue weighted by molar-refractivity contribution is 5.99. The maximum Gasteiger partial charge on any atom is 0.332 e. The molecule has 1 N–H and O–H groups in total. The maximum atomic E-state index is 13.9. The Balaban J connectivity index is 1.36. The number of ketones is 1. The van der Waals surface area contributed by atoms with Gasteiger partial charge < -0.3 is 19.5 Å². The summed E-state index contributed by atoms with van der Waals surface area (Å²) in [5.74, 6) is 1.66. The minimum absolute atomic E-state index is 0.0267. The zero-order valence-electron chi connectivity index (χ0n) is 24.7. The van der Waals surface area contributed by atoms with Crippen LogP contribution in [0.15, 0.2) is 70.3 Å². The number of amides is 1. The molecular weight excluding hydrogens is 562 g/mol. The Morgan fingerprint density at radius 3 is 2.45 bits per heavy atom. The standard InChI is InChI=1S/C34H35N3O7/c1-2-42-26-12-10-25(11-13-26)35-32(39)20-36-28-18-24(29(38)16-22-6-4-3-5-7-22)9-14-27(28)33(40)37(34(36)41)19-23-8-15-30-31(17-23)44-21-43-30/h8-15,17-18,22H,2-7,16,19-21H2,1H3,(H,35,39). The van der Waals surface area contributed by atoms with E-state index in [0.29, 0.717) is 53.0 Å². The van der Waals surface area contributed by atoms with Crippen molar-refractivity contribution in [2.24, 2.45) is 5.92 Å². The van der Waals surface area contributed by atoms with E-state index in [1.807, 2.05) is 6.92 Å². The maximum absolute atomic E-state index is 13.9. The Kier molecular flexibility index (Phi) is 8.49. The normalized spacial score (nSPS) is 14.5. The summed E-state index contributed by atoms with van der Waals surface area (Å²) < 4.78 is 18.7. The lowest BCUT2D eigenvalue weighted by molar-refractivity contribution is -0.116. The molecule has 0 bridgehead atoms. The fraction of sp³-hybridized carbons (Fsp3) is 0.353. The van der Waals surface area contributed by atoms with E-state index in [1.54, 1.807) is 60.7 Å². The number of carbonyl (C=O) groups is 2. The molecule has 0 unspecified atom stereocenters. The van der Waals surface area contributed by atoms with Crippen LogP contribution < -0.4 is 30.8 Å². The Morgan fingerprint density at radius 1 is 0.909 bits per heavy atom. The van der Waals surface area contributed by atoms with Gasteiger partial charge in [0.15, 0.2) is 17.3 Å². The van der Waals surface area contributed by atoms with E-state index in [9.17, 15) is 19.2 Å². The fourth-order valence-corrected chi connectivity index (χ4v) is 6.02. The van der Waals surface area contributed by atoms with E-state index in [-0.39, 0.29) is 36.6 Å². The molecular formula is C34H35N3O7. The highest BCUT2D eigenvalue weighted by Gasteiger charge is 2.22. The third-order valence-electron chi connectivity index (χ3n) is 8.28. The van der Waals surface area contributed by atoms with Crippen LogP contribution in [-0.2, 0) is 17.9 Å². The summed E-state index contributed by atoms with van der Waals surface area (Å²) in [5.41, 5.74) is 0.718. The van der Waals surface area contributed by atoms with Crippen LogP contribution in [0, 0.1) is 5.92 Å². The average molecular weight is 598 g/mol. The van der Waals surface area contributed by atoms with Crippen molar-refractivity contribution in [1.82, 2.24) is 9.13 Å². The molecule has 10 nitrogen and oxygen atoms in total. The zero-order chi connectivity index (χ0) is 30.6. The largest absolute Gasteiger partial charge is 0.494 e. The molecule has 10 heteroatoms. The van der Waals surface area contributed by atoms with Gasteiger partial charge in [0, 0.05) is 17.7 Å². The van der Waals surface area contributed by atoms with E-state index < -0.39 is 17.2 Å². The second-order valence-electron chi connectivity index (χ2n) is 11.3. The molecule has 0 radical (unpaired) electrons. The van der Waals surface area contributed by atoms with E-state index in [0.717, 1.165) is 30.3 Å². The molecule has 2 heterocycles. The van der Waals surface area contributed by atoms with E-state index in [1.165, 1.54) is 11.0 Å². The molecule has 6 rings (SSSR count). The highest BCUT2D eigenvalue weighted by atomic mass is 16.7. The van der Waals surface area contributed by atoms with Crippen LogP contribution in [0.25, 0.3) is 10.9 Å². The molecule has 1 amide bonds. The first kappa shape index (κ1) is 29.2. The lowest BCUT2D eigenvalue weighted by Gasteiger charge is -2.21. The number of ether oxygens (including phenoxy) is 3. The number of carbonyl (C=O) groups excluding carboxylic acids is 2. The molecule has 0 atom stereocenters. The number of fused-ring (bicyclic) bond motifs is 2. The third-order valence-corrected chi connectivity index (χ3v) is 8.28. The fourth-order valence-electron chi connectivity index (χ4n) is 6.02. The predicted molar refractivity (Wildman–Crippen MR) is 166 cm³/mol. The van der Waals surface area contributed by atoms with E-state index in [4.69, 9.17) is 14.2 Å². The topological polar surface area (TPSA) is 118 Å². The summed E-state index contributed by atoms with van der Waals surface area (Å²) >= 11 is 0. The number of hydrogen-bond donors (Lipinski definition) is 1. The molecule has 1 saturated carbocycles. The van der Waals surface area contributed by atoms with Crippen LogP contribution in [0.5, 0.6) is 17.2 Å². The van der Waals surface area contributed by atoms with Crippen molar-refractivity contribution in [3.63, 3.8) is 0 Å². The van der Waals surface area contributed by atoms with Crippen LogP contribution in [0.1, 0.15) is 61.4 Å². The van der Waals surface area contributed by atoms with Crippen molar-refractivity contribution in [3.8, 4) is 17.2 Å². The number of nitrogens with one attached hydrogen (secondary N) is 1. The number of Topliss-reactive ketones (excluding diaryl/α,β-unsaturated/α-hetero) is 1. The molecule has 1 fully saturated rings. The lowest BCUT2D eigenvalue weighted by atomic mass is 9.85. The van der Waals surface area contributed by atoms with Gasteiger partial charge in [-0.1, -0.05) is 44.2 Å². The Morgan fingerprint density at radius 2 is 1.68 bits per heavy atom. The molecule has 228 valence electrons. The monoisotopic (exact) mass is 597 g/mol. The average Bonchev–Trinajstić information content (AvgIpc) is 3.51. The number of nitrogens with zero attached hydrogens (tertiary/aromatic N) is 2. The van der Waals surface area contributed by atoms with E-state index in [2.05, 4.69) is 5.32 Å². The van der Waals surface area contributed by atoms with Gasteiger partial charge in [-0.3, -0.25) is 23.5 Å². The van der Waals surface area contributed by atoms with Crippen LogP contribution in [0.3, 0.4) is 0 Å². The van der Waals surface area contributed by atoms with Crippen molar-refractivity contribution < 1.29 is 23.8 Å². The quantitative estimate of drug-likeness (QED) is 0.252. The summed E-state index contributed by atoms with van der Waals surface area (Å²) in [6.07, 6.45) is 5.93. The van der Waals surface area contributed by atoms with Gasteiger partial charge in [-0.25, -0.2) is 4.79 Å². The van der Waals surface area contributed by atoms with Crippen molar-refractivity contribution in [2.45, 2.75) is 58.5 Å². The van der Waals surface area contributed by atoms with Gasteiger partial charge in [0.1, 0.15) is 12.3 Å². The molecule has 44 heavy (non-hydrogen) atoms. The van der Waals surface area contributed by atoms with Gasteiger partial charge in [-0.15, -0.1) is 0 Å². The van der Waals surface area contributed by atoms with Crippen LogP contribution >= 0.6 is 0 Å². The molecule has 1 aromatic heterocycles. The zero-order valence-corrected chi connectivity index (χ0v) is 24.7. The van der Waals surface area contributed by atoms with Crippen molar-refractivity contribution in [2.75, 3.05) is 18.7 Å². The van der Waals surface area contributed by atoms with Gasteiger partial charge in [-0.2, -0.15) is 0 Å². The molecule has 2 aliphatic rings. The summed E-state index contributed by atoms with van der Waals surface area (Å²) in [4.78, 5) is 54.2. The molecule has 4 aromatic rings. The first-order valence-corrected chi connectivity index (χ1v) is 15.1. The molecule has 0 spiro atoms. The van der Waals surface area contributed by atoms with Gasteiger partial charge in [0.05, 0.1) is 24.1 Å². The highest BCUT2D eigenvalue weighted by Crippen LogP contribution is 2.32. The predicted octanol–water partition coefficient (Wildman–Crippen LogP) is 5.13. The van der Waals surface area contributed by atoms with Crippen molar-refractivity contribution in [3.05, 3.63) is 92.6 Å². The second kappa shape index (κ2) is 12.8. The molecule has 1 aliphatic heterocycles. The Hall–Kier alpha value is -4.86. The number of rotatable bonds is 10. The van der Waals surface area contributed by atoms with Gasteiger partial charge in [-0.05, 0) is 66.9 Å². The minimum atomic E-state index is -0.654. The number of benzene rings is 3. The summed E-state index contributed by atoms with van der Waals surface area (Å²) in [6, 6.07) is 17.0. The molecule has 3 aromatic carbocycles. The number of aromatic nitrogens is 2. The van der Waals surface area contributed by atoms with Crippen LogP contribution in [-0.4, -0.2) is 34.2 Å². The third kappa shape index (κ3) is 6.24. The van der Waals surface area contributed by atoms with Gasteiger partial charge in [0.25, 0.3) is 5.56 Å². The summed E-state index contributed by atoms with van der Waals surface area (Å²) in [6.45, 7) is 2.12. The van der Waals surface area contributed by atoms with Crippen molar-refractivity contribution >= 4 is 28.3 Å². The molecule has 1 aliphatic carbocycles. The Labute approximate surface area is 254 Å².